The third-order valence-electron chi connectivity index (χ3n) is 4.38. The molecule has 0 saturated carbocycles. The molecule has 0 bridgehead atoms. The second-order valence-corrected chi connectivity index (χ2v) is 8.51. The minimum absolute atomic E-state index is 0.179. The number of hydrogen-bond donors (Lipinski definition) is 1. The molecule has 2 rings (SSSR count). The topological polar surface area (TPSA) is 46.2 Å². The van der Waals surface area contributed by atoms with Gasteiger partial charge in [0.1, 0.15) is 15.7 Å². The predicted molar refractivity (Wildman–Crippen MR) is 88.3 cm³/mol. The highest BCUT2D eigenvalue weighted by atomic mass is 32.2. The van der Waals surface area contributed by atoms with Crippen LogP contribution >= 0.6 is 0 Å². The van der Waals surface area contributed by atoms with Crippen LogP contribution in [0.15, 0.2) is 18.2 Å². The lowest BCUT2D eigenvalue weighted by Crippen LogP contribution is -2.23. The van der Waals surface area contributed by atoms with E-state index in [1.807, 2.05) is 6.07 Å². The minimum atomic E-state index is -2.86. The lowest BCUT2D eigenvalue weighted by Gasteiger charge is -2.19. The van der Waals surface area contributed by atoms with Gasteiger partial charge in [0.05, 0.1) is 5.75 Å². The first kappa shape index (κ1) is 17.4. The molecule has 0 saturated heterocycles. The highest BCUT2D eigenvalue weighted by molar-refractivity contribution is 7.91. The molecule has 0 spiro atoms. The molecule has 1 aromatic carbocycles. The molecule has 1 unspecified atom stereocenters. The number of rotatable bonds is 7. The number of sulfone groups is 1. The van der Waals surface area contributed by atoms with E-state index in [9.17, 15) is 12.8 Å². The van der Waals surface area contributed by atoms with Crippen molar-refractivity contribution in [3.63, 3.8) is 0 Å². The number of unbranched alkanes of at least 4 members (excludes halogenated alkanes) is 1. The maximum atomic E-state index is 13.5. The van der Waals surface area contributed by atoms with Crippen molar-refractivity contribution in [2.75, 3.05) is 18.1 Å². The zero-order valence-corrected chi connectivity index (χ0v) is 14.1. The molecule has 0 aromatic heterocycles. The fraction of sp³-hybridized carbons (Fsp3) is 0.647. The Bertz CT molecular complexity index is 586. The highest BCUT2D eigenvalue weighted by Crippen LogP contribution is 2.29. The summed E-state index contributed by atoms with van der Waals surface area (Å²) in [5, 5.41) is 3.49. The van der Waals surface area contributed by atoms with Crippen LogP contribution in [0.5, 0.6) is 0 Å². The second kappa shape index (κ2) is 8.06. The van der Waals surface area contributed by atoms with Gasteiger partial charge in [-0.3, -0.25) is 0 Å². The Kier molecular flexibility index (Phi) is 6.38. The van der Waals surface area contributed by atoms with E-state index in [4.69, 9.17) is 0 Å². The number of benzene rings is 1. The maximum absolute atomic E-state index is 13.5. The van der Waals surface area contributed by atoms with E-state index >= 15 is 0 Å². The van der Waals surface area contributed by atoms with Crippen molar-refractivity contribution in [3.05, 3.63) is 35.1 Å². The summed E-state index contributed by atoms with van der Waals surface area (Å²) in [6.45, 7) is 2.46. The summed E-state index contributed by atoms with van der Waals surface area (Å²) in [5.41, 5.74) is 2.32. The first-order chi connectivity index (χ1) is 10.5. The summed E-state index contributed by atoms with van der Waals surface area (Å²) < 4.78 is 36.4. The average Bonchev–Trinajstić information content (AvgIpc) is 2.69. The number of aryl methyl sites for hydroxylation is 1. The first-order valence-corrected chi connectivity index (χ1v) is 10.1. The second-order valence-electron chi connectivity index (χ2n) is 6.04. The van der Waals surface area contributed by atoms with E-state index in [1.54, 1.807) is 13.0 Å². The predicted octanol–water partition coefficient (Wildman–Crippen LogP) is 3.40. The zero-order valence-electron chi connectivity index (χ0n) is 13.3. The van der Waals surface area contributed by atoms with E-state index in [-0.39, 0.29) is 23.4 Å². The molecule has 1 aromatic rings. The SMILES string of the molecule is CCS(=O)(=O)CCCCNC1CCCCc2ccc(F)cc21. The van der Waals surface area contributed by atoms with Gasteiger partial charge in [0, 0.05) is 11.8 Å². The standard InChI is InChI=1S/C17H26FNO2S/c1-2-22(20,21)12-6-5-11-19-17-8-4-3-7-14-9-10-15(18)13-16(14)17/h9-10,13,17,19H,2-8,11-12H2,1H3. The molecule has 0 radical (unpaired) electrons. The van der Waals surface area contributed by atoms with Gasteiger partial charge in [-0.05, 0) is 61.9 Å². The van der Waals surface area contributed by atoms with Gasteiger partial charge >= 0.3 is 0 Å². The van der Waals surface area contributed by atoms with E-state index in [2.05, 4.69) is 5.32 Å². The Balaban J connectivity index is 1.87. The summed E-state index contributed by atoms with van der Waals surface area (Å²) in [5.74, 6) is 0.304. The minimum Gasteiger partial charge on any atom is -0.310 e. The van der Waals surface area contributed by atoms with Crippen LogP contribution in [0.25, 0.3) is 0 Å². The summed E-state index contributed by atoms with van der Waals surface area (Å²) >= 11 is 0. The van der Waals surface area contributed by atoms with Crippen LogP contribution in [0.1, 0.15) is 56.2 Å². The van der Waals surface area contributed by atoms with Crippen molar-refractivity contribution in [3.8, 4) is 0 Å². The van der Waals surface area contributed by atoms with Gasteiger partial charge in [-0.2, -0.15) is 0 Å². The number of halogens is 1. The molecular weight excluding hydrogens is 301 g/mol. The smallest absolute Gasteiger partial charge is 0.150 e. The molecule has 1 N–H and O–H groups in total. The molecule has 1 aliphatic rings. The van der Waals surface area contributed by atoms with Gasteiger partial charge in [0.15, 0.2) is 0 Å². The van der Waals surface area contributed by atoms with Gasteiger partial charge < -0.3 is 5.32 Å². The van der Waals surface area contributed by atoms with Crippen molar-refractivity contribution in [1.29, 1.82) is 0 Å². The molecule has 1 atom stereocenters. The van der Waals surface area contributed by atoms with E-state index in [1.165, 1.54) is 11.6 Å². The molecule has 5 heteroatoms. The van der Waals surface area contributed by atoms with Crippen molar-refractivity contribution >= 4 is 9.84 Å². The summed E-state index contributed by atoms with van der Waals surface area (Å²) in [7, 11) is -2.86. The van der Waals surface area contributed by atoms with Gasteiger partial charge in [-0.1, -0.05) is 19.4 Å². The first-order valence-electron chi connectivity index (χ1n) is 8.24. The fourth-order valence-electron chi connectivity index (χ4n) is 3.02. The zero-order chi connectivity index (χ0) is 16.0. The van der Waals surface area contributed by atoms with Gasteiger partial charge in [0.2, 0.25) is 0 Å². The molecule has 0 aliphatic heterocycles. The Hall–Kier alpha value is -0.940. The molecule has 3 nitrogen and oxygen atoms in total. The maximum Gasteiger partial charge on any atom is 0.150 e. The lowest BCUT2D eigenvalue weighted by molar-refractivity contribution is 0.479. The summed E-state index contributed by atoms with van der Waals surface area (Å²) in [4.78, 5) is 0. The van der Waals surface area contributed by atoms with Crippen LogP contribution in [-0.4, -0.2) is 26.5 Å². The molecule has 0 fully saturated rings. The third kappa shape index (κ3) is 5.06. The number of nitrogens with one attached hydrogen (secondary N) is 1. The monoisotopic (exact) mass is 327 g/mol. The number of hydrogen-bond acceptors (Lipinski definition) is 3. The largest absolute Gasteiger partial charge is 0.310 e. The lowest BCUT2D eigenvalue weighted by atomic mass is 9.99. The van der Waals surface area contributed by atoms with Crippen LogP contribution in [0.3, 0.4) is 0 Å². The average molecular weight is 327 g/mol. The fourth-order valence-corrected chi connectivity index (χ4v) is 3.95. The summed E-state index contributed by atoms with van der Waals surface area (Å²) in [6.07, 6.45) is 5.84. The van der Waals surface area contributed by atoms with Crippen molar-refractivity contribution < 1.29 is 12.8 Å². The quantitative estimate of drug-likeness (QED) is 0.617. The Morgan fingerprint density at radius 2 is 2.09 bits per heavy atom. The summed E-state index contributed by atoms with van der Waals surface area (Å²) in [6, 6.07) is 5.28. The Morgan fingerprint density at radius 1 is 1.27 bits per heavy atom. The van der Waals surface area contributed by atoms with Crippen LogP contribution in [0, 0.1) is 5.82 Å². The Labute approximate surface area is 133 Å². The third-order valence-corrected chi connectivity index (χ3v) is 6.18. The molecular formula is C17H26FNO2S. The van der Waals surface area contributed by atoms with Crippen LogP contribution in [-0.2, 0) is 16.3 Å². The van der Waals surface area contributed by atoms with Gasteiger partial charge in [0.25, 0.3) is 0 Å². The van der Waals surface area contributed by atoms with E-state index in [0.717, 1.165) is 44.2 Å². The van der Waals surface area contributed by atoms with Crippen molar-refractivity contribution in [1.82, 2.24) is 5.32 Å². The van der Waals surface area contributed by atoms with E-state index in [0.29, 0.717) is 6.42 Å². The molecule has 124 valence electrons. The Morgan fingerprint density at radius 3 is 2.86 bits per heavy atom. The molecule has 0 heterocycles. The molecule has 1 aliphatic carbocycles. The van der Waals surface area contributed by atoms with Crippen molar-refractivity contribution in [2.24, 2.45) is 0 Å². The van der Waals surface area contributed by atoms with Crippen LogP contribution < -0.4 is 5.32 Å². The normalized spacial score (nSPS) is 18.7. The number of fused-ring (bicyclic) bond motifs is 1. The van der Waals surface area contributed by atoms with Crippen LogP contribution in [0.2, 0.25) is 0 Å². The van der Waals surface area contributed by atoms with E-state index < -0.39 is 9.84 Å². The van der Waals surface area contributed by atoms with Crippen molar-refractivity contribution in [2.45, 2.75) is 51.5 Å². The van der Waals surface area contributed by atoms with Gasteiger partial charge in [-0.15, -0.1) is 0 Å². The molecule has 0 amide bonds. The highest BCUT2D eigenvalue weighted by Gasteiger charge is 2.18. The van der Waals surface area contributed by atoms with Crippen LogP contribution in [0.4, 0.5) is 4.39 Å². The molecule has 22 heavy (non-hydrogen) atoms. The van der Waals surface area contributed by atoms with Gasteiger partial charge in [-0.25, -0.2) is 12.8 Å².